The maximum atomic E-state index is 13.9. The summed E-state index contributed by atoms with van der Waals surface area (Å²) in [6.07, 6.45) is 1.86. The van der Waals surface area contributed by atoms with E-state index in [9.17, 15) is 9.59 Å². The molecule has 6 rings (SSSR count). The molecule has 222 valence electrons. The van der Waals surface area contributed by atoms with E-state index in [2.05, 4.69) is 29.3 Å². The summed E-state index contributed by atoms with van der Waals surface area (Å²) in [5.74, 6) is 0.274. The Morgan fingerprint density at radius 1 is 0.977 bits per heavy atom. The van der Waals surface area contributed by atoms with Crippen LogP contribution in [0.3, 0.4) is 0 Å². The maximum absolute atomic E-state index is 13.9. The molecule has 1 atom stereocenters. The molecule has 0 unspecified atom stereocenters. The highest BCUT2D eigenvalue weighted by Gasteiger charge is 2.33. The van der Waals surface area contributed by atoms with Crippen molar-refractivity contribution in [2.75, 3.05) is 25.6 Å². The van der Waals surface area contributed by atoms with Crippen molar-refractivity contribution in [2.24, 2.45) is 4.99 Å². The van der Waals surface area contributed by atoms with Crippen molar-refractivity contribution < 1.29 is 14.3 Å². The number of carbonyl (C=O) groups excluding carboxylic acids is 1. The van der Waals surface area contributed by atoms with Gasteiger partial charge in [-0.15, -0.1) is 0 Å². The second-order valence-corrected chi connectivity index (χ2v) is 11.8. The summed E-state index contributed by atoms with van der Waals surface area (Å²) in [5.41, 5.74) is 4.53. The molecule has 0 bridgehead atoms. The number of nitrogens with zero attached hydrogens (tertiary/aromatic N) is 3. The summed E-state index contributed by atoms with van der Waals surface area (Å²) in [5, 5.41) is 2.36. The fraction of sp³-hybridized carbons (Fsp3) is 0.194. The lowest BCUT2D eigenvalue weighted by molar-refractivity contribution is -0.139. The van der Waals surface area contributed by atoms with Crippen molar-refractivity contribution in [1.82, 2.24) is 4.57 Å². The minimum atomic E-state index is -0.645. The first-order valence-corrected chi connectivity index (χ1v) is 15.3. The van der Waals surface area contributed by atoms with Crippen molar-refractivity contribution >= 4 is 39.8 Å². The van der Waals surface area contributed by atoms with Gasteiger partial charge in [0.05, 0.1) is 28.5 Å². The smallest absolute Gasteiger partial charge is 0.338 e. The van der Waals surface area contributed by atoms with E-state index >= 15 is 0 Å². The fourth-order valence-corrected chi connectivity index (χ4v) is 6.50. The van der Waals surface area contributed by atoms with Crippen LogP contribution in [0.5, 0.6) is 5.75 Å². The Morgan fingerprint density at radius 3 is 2.43 bits per heavy atom. The SMILES string of the molecule is CCOC(=O)C1=C(C)N=c2s/c(=C/c3ccc(OCc4cccc5ccccc45)cc3)c(=O)n2[C@H]1c1ccc(N(C)C)cc1. The van der Waals surface area contributed by atoms with E-state index < -0.39 is 12.0 Å². The quantitative estimate of drug-likeness (QED) is 0.216. The average Bonchev–Trinajstić information content (AvgIpc) is 3.33. The molecule has 0 saturated heterocycles. The van der Waals surface area contributed by atoms with Gasteiger partial charge in [0.1, 0.15) is 12.4 Å². The standard InChI is InChI=1S/C36H33N3O4S/c1-5-42-35(41)32-23(2)37-36-39(33(32)26-15-17-28(18-16-26)38(3)4)34(40)31(44-36)21-24-13-19-29(20-14-24)43-22-27-11-8-10-25-9-6-7-12-30(25)27/h6-21,33H,5,22H2,1-4H3/b31-21+/t33-/m0/s1. The Bertz CT molecular complexity index is 2050. The van der Waals surface area contributed by atoms with Gasteiger partial charge in [0.15, 0.2) is 4.80 Å². The highest BCUT2D eigenvalue weighted by Crippen LogP contribution is 2.31. The first-order valence-electron chi connectivity index (χ1n) is 14.5. The van der Waals surface area contributed by atoms with Gasteiger partial charge < -0.3 is 14.4 Å². The Kier molecular flexibility index (Phi) is 8.17. The summed E-state index contributed by atoms with van der Waals surface area (Å²) < 4.78 is 13.7. The lowest BCUT2D eigenvalue weighted by Crippen LogP contribution is -2.39. The van der Waals surface area contributed by atoms with Crippen LogP contribution >= 0.6 is 11.3 Å². The van der Waals surface area contributed by atoms with Gasteiger partial charge >= 0.3 is 5.97 Å². The van der Waals surface area contributed by atoms with Crippen LogP contribution in [0.1, 0.15) is 36.6 Å². The number of esters is 1. The van der Waals surface area contributed by atoms with Gasteiger partial charge in [-0.3, -0.25) is 9.36 Å². The van der Waals surface area contributed by atoms with Gasteiger partial charge in [0.25, 0.3) is 5.56 Å². The molecule has 1 aliphatic heterocycles. The van der Waals surface area contributed by atoms with Crippen LogP contribution in [-0.2, 0) is 16.1 Å². The number of ether oxygens (including phenoxy) is 2. The minimum Gasteiger partial charge on any atom is -0.489 e. The number of rotatable bonds is 8. The van der Waals surface area contributed by atoms with Crippen LogP contribution in [0.25, 0.3) is 16.8 Å². The fourth-order valence-electron chi connectivity index (χ4n) is 5.45. The van der Waals surface area contributed by atoms with Crippen molar-refractivity contribution in [3.63, 3.8) is 0 Å². The van der Waals surface area contributed by atoms with Crippen LogP contribution in [0.4, 0.5) is 5.69 Å². The molecule has 0 radical (unpaired) electrons. The molecular formula is C36H33N3O4S. The Labute approximate surface area is 259 Å². The molecule has 0 saturated carbocycles. The van der Waals surface area contributed by atoms with E-state index in [1.807, 2.05) is 91.8 Å². The lowest BCUT2D eigenvalue weighted by Gasteiger charge is -2.25. The van der Waals surface area contributed by atoms with E-state index in [0.29, 0.717) is 27.2 Å². The zero-order chi connectivity index (χ0) is 30.8. The molecule has 0 amide bonds. The summed E-state index contributed by atoms with van der Waals surface area (Å²) >= 11 is 1.31. The molecule has 0 aliphatic carbocycles. The normalized spacial score (nSPS) is 14.7. The van der Waals surface area contributed by atoms with Gasteiger partial charge in [-0.05, 0) is 71.7 Å². The van der Waals surface area contributed by atoms with E-state index in [1.165, 1.54) is 22.1 Å². The number of hydrogen-bond donors (Lipinski definition) is 0. The van der Waals surface area contributed by atoms with Crippen LogP contribution in [0.2, 0.25) is 0 Å². The molecule has 5 aromatic rings. The van der Waals surface area contributed by atoms with Crippen LogP contribution in [0.15, 0.2) is 112 Å². The zero-order valence-corrected chi connectivity index (χ0v) is 25.9. The van der Waals surface area contributed by atoms with Gasteiger partial charge in [0, 0.05) is 19.8 Å². The number of anilines is 1. The number of benzene rings is 4. The molecule has 44 heavy (non-hydrogen) atoms. The molecule has 8 heteroatoms. The van der Waals surface area contributed by atoms with Gasteiger partial charge in [-0.1, -0.05) is 78.1 Å². The molecule has 0 N–H and O–H groups in total. The predicted molar refractivity (Wildman–Crippen MR) is 176 cm³/mol. The van der Waals surface area contributed by atoms with Crippen LogP contribution in [0, 0.1) is 0 Å². The Hall–Kier alpha value is -4.95. The van der Waals surface area contributed by atoms with Crippen molar-refractivity contribution in [1.29, 1.82) is 0 Å². The van der Waals surface area contributed by atoms with E-state index in [4.69, 9.17) is 9.47 Å². The number of thiazole rings is 1. The number of fused-ring (bicyclic) bond motifs is 2. The molecule has 0 spiro atoms. The number of aromatic nitrogens is 1. The third-order valence-electron chi connectivity index (χ3n) is 7.69. The summed E-state index contributed by atoms with van der Waals surface area (Å²) in [6, 6.07) is 29.4. The second kappa shape index (κ2) is 12.3. The molecule has 4 aromatic carbocycles. The lowest BCUT2D eigenvalue weighted by atomic mass is 9.95. The molecule has 2 heterocycles. The first-order chi connectivity index (χ1) is 21.3. The summed E-state index contributed by atoms with van der Waals surface area (Å²) in [4.78, 5) is 34.3. The summed E-state index contributed by atoms with van der Waals surface area (Å²) in [7, 11) is 3.94. The third kappa shape index (κ3) is 5.68. The van der Waals surface area contributed by atoms with Crippen molar-refractivity contribution in [3.05, 3.63) is 139 Å². The largest absolute Gasteiger partial charge is 0.489 e. The number of carbonyl (C=O) groups is 1. The van der Waals surface area contributed by atoms with Crippen molar-refractivity contribution in [3.8, 4) is 5.75 Å². The maximum Gasteiger partial charge on any atom is 0.338 e. The molecule has 1 aliphatic rings. The zero-order valence-electron chi connectivity index (χ0n) is 25.1. The molecule has 1 aromatic heterocycles. The van der Waals surface area contributed by atoms with Crippen molar-refractivity contribution in [2.45, 2.75) is 26.5 Å². The number of allylic oxidation sites excluding steroid dienone is 1. The third-order valence-corrected chi connectivity index (χ3v) is 8.68. The molecule has 7 nitrogen and oxygen atoms in total. The van der Waals surface area contributed by atoms with Gasteiger partial charge in [0.2, 0.25) is 0 Å². The number of hydrogen-bond acceptors (Lipinski definition) is 7. The highest BCUT2D eigenvalue weighted by molar-refractivity contribution is 7.07. The first kappa shape index (κ1) is 29.1. The summed E-state index contributed by atoms with van der Waals surface area (Å²) in [6.45, 7) is 4.25. The monoisotopic (exact) mass is 603 g/mol. The van der Waals surface area contributed by atoms with Crippen LogP contribution < -0.4 is 24.5 Å². The highest BCUT2D eigenvalue weighted by atomic mass is 32.1. The Morgan fingerprint density at radius 2 is 1.70 bits per heavy atom. The van der Waals surface area contributed by atoms with E-state index in [-0.39, 0.29) is 12.2 Å². The van der Waals surface area contributed by atoms with Gasteiger partial charge in [-0.25, -0.2) is 9.79 Å². The van der Waals surface area contributed by atoms with E-state index in [1.54, 1.807) is 18.4 Å². The minimum absolute atomic E-state index is 0.207. The topological polar surface area (TPSA) is 73.1 Å². The van der Waals surface area contributed by atoms with Gasteiger partial charge in [-0.2, -0.15) is 0 Å². The van der Waals surface area contributed by atoms with Crippen LogP contribution in [-0.4, -0.2) is 31.2 Å². The average molecular weight is 604 g/mol. The second-order valence-electron chi connectivity index (χ2n) is 10.8. The Balaban J connectivity index is 1.32. The van der Waals surface area contributed by atoms with E-state index in [0.717, 1.165) is 28.1 Å². The predicted octanol–water partition coefficient (Wildman–Crippen LogP) is 5.60. The molecule has 0 fully saturated rings. The molecular weight excluding hydrogens is 570 g/mol.